The van der Waals surface area contributed by atoms with Crippen LogP contribution in [0.5, 0.6) is 0 Å². The molecule has 1 heterocycles. The lowest BCUT2D eigenvalue weighted by molar-refractivity contribution is -0.120. The van der Waals surface area contributed by atoms with Gasteiger partial charge in [0, 0.05) is 24.7 Å². The number of carbonyl (C=O) groups is 1. The van der Waals surface area contributed by atoms with Crippen molar-refractivity contribution in [3.8, 4) is 0 Å². The lowest BCUT2D eigenvalue weighted by atomic mass is 9.97. The van der Waals surface area contributed by atoms with E-state index in [1.54, 1.807) is 6.07 Å². The van der Waals surface area contributed by atoms with Crippen LogP contribution in [0, 0.1) is 19.8 Å². The first-order valence-electron chi connectivity index (χ1n) is 8.81. The summed E-state index contributed by atoms with van der Waals surface area (Å²) in [7, 11) is -3.52. The van der Waals surface area contributed by atoms with E-state index >= 15 is 0 Å². The Kier molecular flexibility index (Phi) is 5.44. The van der Waals surface area contributed by atoms with Crippen LogP contribution in [0.4, 0.5) is 5.69 Å². The minimum Gasteiger partial charge on any atom is -0.326 e. The van der Waals surface area contributed by atoms with Gasteiger partial charge in [-0.15, -0.1) is 0 Å². The maximum Gasteiger partial charge on any atom is 0.243 e. The van der Waals surface area contributed by atoms with Gasteiger partial charge < -0.3 is 5.32 Å². The topological polar surface area (TPSA) is 66.5 Å². The Morgan fingerprint density at radius 2 is 1.69 bits per heavy atom. The van der Waals surface area contributed by atoms with Crippen molar-refractivity contribution in [2.45, 2.75) is 31.6 Å². The number of anilines is 1. The number of carbonyl (C=O) groups excluding carboxylic acids is 1. The monoisotopic (exact) mass is 372 g/mol. The Labute approximate surface area is 155 Å². The van der Waals surface area contributed by atoms with Crippen molar-refractivity contribution in [3.05, 3.63) is 59.7 Å². The number of benzene rings is 2. The fraction of sp³-hybridized carbons (Fsp3) is 0.350. The van der Waals surface area contributed by atoms with E-state index < -0.39 is 10.0 Å². The molecule has 0 aromatic heterocycles. The predicted molar refractivity (Wildman–Crippen MR) is 102 cm³/mol. The number of hydrogen-bond donors (Lipinski definition) is 1. The van der Waals surface area contributed by atoms with Crippen molar-refractivity contribution in [2.24, 2.45) is 5.92 Å². The number of aryl methyl sites for hydroxylation is 2. The minimum atomic E-state index is -3.52. The van der Waals surface area contributed by atoms with Gasteiger partial charge in [0.2, 0.25) is 15.9 Å². The van der Waals surface area contributed by atoms with Crippen molar-refractivity contribution in [3.63, 3.8) is 0 Å². The average Bonchev–Trinajstić information content (AvgIpc) is 2.62. The first-order valence-corrected chi connectivity index (χ1v) is 10.3. The van der Waals surface area contributed by atoms with Crippen molar-refractivity contribution < 1.29 is 13.2 Å². The summed E-state index contributed by atoms with van der Waals surface area (Å²) in [6, 6.07) is 14.7. The molecule has 2 aromatic carbocycles. The zero-order chi connectivity index (χ0) is 18.7. The van der Waals surface area contributed by atoms with Crippen molar-refractivity contribution in [2.75, 3.05) is 18.4 Å². The molecule has 0 aliphatic carbocycles. The van der Waals surface area contributed by atoms with E-state index in [4.69, 9.17) is 0 Å². The Balaban J connectivity index is 1.65. The number of piperidine rings is 1. The number of nitrogens with zero attached hydrogens (tertiary/aromatic N) is 1. The number of rotatable bonds is 4. The van der Waals surface area contributed by atoms with E-state index in [0.29, 0.717) is 30.8 Å². The van der Waals surface area contributed by atoms with Gasteiger partial charge in [-0.05, 0) is 50.5 Å². The van der Waals surface area contributed by atoms with Crippen LogP contribution in [0.15, 0.2) is 53.4 Å². The van der Waals surface area contributed by atoms with Gasteiger partial charge in [-0.3, -0.25) is 4.79 Å². The summed E-state index contributed by atoms with van der Waals surface area (Å²) in [5.74, 6) is -0.208. The number of amides is 1. The highest BCUT2D eigenvalue weighted by Gasteiger charge is 2.32. The second-order valence-corrected chi connectivity index (χ2v) is 8.71. The first kappa shape index (κ1) is 18.6. The second-order valence-electron chi connectivity index (χ2n) is 6.80. The SMILES string of the molecule is Cc1ccc(S(=O)(=O)N2CCC(C(=O)Nc3ccccc3)CC2)c(C)c1. The Hall–Kier alpha value is -2.18. The second kappa shape index (κ2) is 7.60. The van der Waals surface area contributed by atoms with E-state index in [-0.39, 0.29) is 11.8 Å². The fourth-order valence-corrected chi connectivity index (χ4v) is 5.03. The van der Waals surface area contributed by atoms with Gasteiger partial charge in [0.1, 0.15) is 0 Å². The molecule has 0 saturated carbocycles. The number of hydrogen-bond acceptors (Lipinski definition) is 3. The molecular formula is C20H24N2O3S. The Morgan fingerprint density at radius 1 is 1.04 bits per heavy atom. The van der Waals surface area contributed by atoms with Gasteiger partial charge in [0.05, 0.1) is 4.90 Å². The molecule has 26 heavy (non-hydrogen) atoms. The standard InChI is InChI=1S/C20H24N2O3S/c1-15-8-9-19(16(2)14-15)26(24,25)22-12-10-17(11-13-22)20(23)21-18-6-4-3-5-7-18/h3-9,14,17H,10-13H2,1-2H3,(H,21,23). The molecule has 1 N–H and O–H groups in total. The number of nitrogens with one attached hydrogen (secondary N) is 1. The van der Waals surface area contributed by atoms with Crippen LogP contribution in [0.25, 0.3) is 0 Å². The first-order chi connectivity index (χ1) is 12.4. The lowest BCUT2D eigenvalue weighted by Crippen LogP contribution is -2.41. The molecule has 6 heteroatoms. The third-order valence-corrected chi connectivity index (χ3v) is 6.87. The maximum atomic E-state index is 12.9. The average molecular weight is 372 g/mol. The van der Waals surface area contributed by atoms with Crippen molar-refractivity contribution in [1.82, 2.24) is 4.31 Å². The highest BCUT2D eigenvalue weighted by molar-refractivity contribution is 7.89. The predicted octanol–water partition coefficient (Wildman–Crippen LogP) is 3.34. The molecule has 1 saturated heterocycles. The lowest BCUT2D eigenvalue weighted by Gasteiger charge is -2.31. The van der Waals surface area contributed by atoms with Crippen molar-refractivity contribution in [1.29, 1.82) is 0 Å². The fourth-order valence-electron chi connectivity index (χ4n) is 3.35. The molecule has 5 nitrogen and oxygen atoms in total. The molecule has 3 rings (SSSR count). The quantitative estimate of drug-likeness (QED) is 0.895. The molecule has 1 aliphatic rings. The molecule has 1 fully saturated rings. The molecule has 138 valence electrons. The Bertz CT molecular complexity index is 887. The van der Waals surface area contributed by atoms with Gasteiger partial charge in [-0.1, -0.05) is 35.9 Å². The summed E-state index contributed by atoms with van der Waals surface area (Å²) in [6.07, 6.45) is 1.06. The van der Waals surface area contributed by atoms with Crippen LogP contribution >= 0.6 is 0 Å². The molecule has 2 aromatic rings. The maximum absolute atomic E-state index is 12.9. The minimum absolute atomic E-state index is 0.0419. The summed E-state index contributed by atoms with van der Waals surface area (Å²) < 4.78 is 27.3. The van der Waals surface area contributed by atoms with Crippen molar-refractivity contribution >= 4 is 21.6 Å². The van der Waals surface area contributed by atoms with Gasteiger partial charge in [-0.25, -0.2) is 8.42 Å². The third kappa shape index (κ3) is 3.97. The van der Waals surface area contributed by atoms with Gasteiger partial charge in [-0.2, -0.15) is 4.31 Å². The Morgan fingerprint density at radius 3 is 2.31 bits per heavy atom. The smallest absolute Gasteiger partial charge is 0.243 e. The molecule has 0 spiro atoms. The molecular weight excluding hydrogens is 348 g/mol. The zero-order valence-electron chi connectivity index (χ0n) is 15.1. The molecule has 1 aliphatic heterocycles. The number of para-hydroxylation sites is 1. The highest BCUT2D eigenvalue weighted by Crippen LogP contribution is 2.26. The van der Waals surface area contributed by atoms with E-state index in [0.717, 1.165) is 16.8 Å². The summed E-state index contributed by atoms with van der Waals surface area (Å²) >= 11 is 0. The molecule has 0 unspecified atom stereocenters. The van der Waals surface area contributed by atoms with Crippen LogP contribution in [0.3, 0.4) is 0 Å². The van der Waals surface area contributed by atoms with Crippen LogP contribution in [0.2, 0.25) is 0 Å². The van der Waals surface area contributed by atoms with Gasteiger partial charge in [0.15, 0.2) is 0 Å². The summed E-state index contributed by atoms with van der Waals surface area (Å²) in [5.41, 5.74) is 2.56. The summed E-state index contributed by atoms with van der Waals surface area (Å²) in [5, 5.41) is 2.91. The molecule has 0 atom stereocenters. The summed E-state index contributed by atoms with van der Waals surface area (Å²) in [6.45, 7) is 4.49. The largest absolute Gasteiger partial charge is 0.326 e. The molecule has 0 bridgehead atoms. The zero-order valence-corrected chi connectivity index (χ0v) is 15.9. The normalized spacial score (nSPS) is 16.4. The third-order valence-electron chi connectivity index (χ3n) is 4.81. The van der Waals surface area contributed by atoms with Gasteiger partial charge in [0.25, 0.3) is 0 Å². The van der Waals surface area contributed by atoms with Gasteiger partial charge >= 0.3 is 0 Å². The van der Waals surface area contributed by atoms with E-state index in [9.17, 15) is 13.2 Å². The van der Waals surface area contributed by atoms with E-state index in [1.807, 2.05) is 56.3 Å². The van der Waals surface area contributed by atoms with Crippen LogP contribution in [0.1, 0.15) is 24.0 Å². The van der Waals surface area contributed by atoms with E-state index in [2.05, 4.69) is 5.32 Å². The van der Waals surface area contributed by atoms with E-state index in [1.165, 1.54) is 4.31 Å². The highest BCUT2D eigenvalue weighted by atomic mass is 32.2. The number of sulfonamides is 1. The molecule has 1 amide bonds. The van der Waals surface area contributed by atoms with Crippen LogP contribution < -0.4 is 5.32 Å². The van der Waals surface area contributed by atoms with Crippen LogP contribution in [-0.2, 0) is 14.8 Å². The summed E-state index contributed by atoms with van der Waals surface area (Å²) in [4.78, 5) is 12.8. The molecule has 0 radical (unpaired) electrons. The van der Waals surface area contributed by atoms with Crippen LogP contribution in [-0.4, -0.2) is 31.7 Å².